The first-order chi connectivity index (χ1) is 15.0. The molecule has 4 rings (SSSR count). The monoisotopic (exact) mass is 424 g/mol. The highest BCUT2D eigenvalue weighted by Crippen LogP contribution is 2.35. The van der Waals surface area contributed by atoms with Gasteiger partial charge in [0.2, 0.25) is 5.91 Å². The van der Waals surface area contributed by atoms with E-state index in [4.69, 9.17) is 14.6 Å². The van der Waals surface area contributed by atoms with E-state index in [1.54, 1.807) is 12.1 Å². The van der Waals surface area contributed by atoms with Crippen LogP contribution in [-0.4, -0.2) is 49.1 Å². The fourth-order valence-electron chi connectivity index (χ4n) is 4.34. The molecule has 0 bridgehead atoms. The number of rotatable bonds is 6. The number of aromatic carboxylic acids is 1. The van der Waals surface area contributed by atoms with Crippen molar-refractivity contribution in [3.63, 3.8) is 0 Å². The third kappa shape index (κ3) is 4.89. The lowest BCUT2D eigenvalue weighted by Crippen LogP contribution is -2.45. The van der Waals surface area contributed by atoms with Gasteiger partial charge in [-0.05, 0) is 36.2 Å². The minimum Gasteiger partial charge on any atom is -0.478 e. The summed E-state index contributed by atoms with van der Waals surface area (Å²) in [6, 6.07) is 14.4. The van der Waals surface area contributed by atoms with Crippen LogP contribution in [-0.2, 0) is 20.7 Å². The fraction of sp³-hybridized carbons (Fsp3) is 0.417. The number of amides is 1. The van der Waals surface area contributed by atoms with Crippen molar-refractivity contribution in [2.75, 3.05) is 31.2 Å². The average Bonchev–Trinajstić information content (AvgIpc) is 3.22. The van der Waals surface area contributed by atoms with Gasteiger partial charge >= 0.3 is 5.97 Å². The molecule has 7 heteroatoms. The predicted molar refractivity (Wildman–Crippen MR) is 116 cm³/mol. The van der Waals surface area contributed by atoms with Crippen molar-refractivity contribution < 1.29 is 24.2 Å². The van der Waals surface area contributed by atoms with Gasteiger partial charge in [0.1, 0.15) is 0 Å². The molecule has 1 unspecified atom stereocenters. The molecule has 0 radical (unpaired) electrons. The molecule has 7 nitrogen and oxygen atoms in total. The van der Waals surface area contributed by atoms with Crippen LogP contribution in [0.4, 0.5) is 5.69 Å². The molecule has 164 valence electrons. The first kappa shape index (κ1) is 21.3. The van der Waals surface area contributed by atoms with E-state index in [-0.39, 0.29) is 23.9 Å². The molecule has 1 amide bonds. The zero-order valence-electron chi connectivity index (χ0n) is 17.7. The molecule has 2 N–H and O–H groups in total. The second kappa shape index (κ2) is 9.08. The Morgan fingerprint density at radius 2 is 1.71 bits per heavy atom. The summed E-state index contributed by atoms with van der Waals surface area (Å²) in [5.74, 6) is -1.49. The number of carbonyl (C=O) groups is 2. The van der Waals surface area contributed by atoms with Gasteiger partial charge in [0.25, 0.3) is 0 Å². The molecule has 2 saturated heterocycles. The molecule has 1 spiro atoms. The Kier molecular flexibility index (Phi) is 6.25. The number of benzene rings is 2. The van der Waals surface area contributed by atoms with Crippen molar-refractivity contribution in [1.29, 1.82) is 0 Å². The van der Waals surface area contributed by atoms with Crippen molar-refractivity contribution in [3.05, 3.63) is 65.2 Å². The number of nitrogens with zero attached hydrogens (tertiary/aromatic N) is 1. The van der Waals surface area contributed by atoms with Crippen molar-refractivity contribution >= 4 is 17.6 Å². The first-order valence-corrected chi connectivity index (χ1v) is 10.7. The van der Waals surface area contributed by atoms with E-state index >= 15 is 0 Å². The average molecular weight is 424 g/mol. The summed E-state index contributed by atoms with van der Waals surface area (Å²) in [6.45, 7) is 5.00. The van der Waals surface area contributed by atoms with Crippen LogP contribution < -0.4 is 10.2 Å². The van der Waals surface area contributed by atoms with Crippen molar-refractivity contribution in [2.24, 2.45) is 0 Å². The van der Waals surface area contributed by atoms with Gasteiger partial charge in [-0.15, -0.1) is 0 Å². The van der Waals surface area contributed by atoms with Gasteiger partial charge < -0.3 is 24.8 Å². The molecular weight excluding hydrogens is 396 g/mol. The van der Waals surface area contributed by atoms with Gasteiger partial charge in [-0.25, -0.2) is 4.79 Å². The summed E-state index contributed by atoms with van der Waals surface area (Å²) in [6.07, 6.45) is 1.86. The van der Waals surface area contributed by atoms with Crippen LogP contribution >= 0.6 is 0 Å². The third-order valence-corrected chi connectivity index (χ3v) is 6.03. The molecule has 0 aliphatic carbocycles. The van der Waals surface area contributed by atoms with Crippen LogP contribution in [0.2, 0.25) is 0 Å². The molecule has 2 heterocycles. The van der Waals surface area contributed by atoms with Gasteiger partial charge in [0.05, 0.1) is 31.2 Å². The van der Waals surface area contributed by atoms with Crippen LogP contribution in [0.3, 0.4) is 0 Å². The zero-order valence-corrected chi connectivity index (χ0v) is 17.7. The summed E-state index contributed by atoms with van der Waals surface area (Å²) in [7, 11) is 0. The van der Waals surface area contributed by atoms with E-state index in [0.717, 1.165) is 42.7 Å². The second-order valence-electron chi connectivity index (χ2n) is 8.12. The highest BCUT2D eigenvalue weighted by Gasteiger charge is 2.40. The van der Waals surface area contributed by atoms with E-state index in [0.29, 0.717) is 13.2 Å². The summed E-state index contributed by atoms with van der Waals surface area (Å²) >= 11 is 0. The molecule has 2 aliphatic rings. The lowest BCUT2D eigenvalue weighted by atomic mass is 9.99. The zero-order chi connectivity index (χ0) is 21.8. The molecule has 31 heavy (non-hydrogen) atoms. The van der Waals surface area contributed by atoms with Crippen molar-refractivity contribution in [2.45, 2.75) is 38.0 Å². The minimum atomic E-state index is -0.976. The predicted octanol–water partition coefficient (Wildman–Crippen LogP) is 3.15. The largest absolute Gasteiger partial charge is 0.478 e. The smallest absolute Gasteiger partial charge is 0.335 e. The fourth-order valence-corrected chi connectivity index (χ4v) is 4.34. The summed E-state index contributed by atoms with van der Waals surface area (Å²) < 4.78 is 11.7. The lowest BCUT2D eigenvalue weighted by Gasteiger charge is -2.39. The van der Waals surface area contributed by atoms with Gasteiger partial charge in [-0.3, -0.25) is 4.79 Å². The summed E-state index contributed by atoms with van der Waals surface area (Å²) in [5.41, 5.74) is 3.18. The summed E-state index contributed by atoms with van der Waals surface area (Å²) in [5, 5.41) is 12.1. The number of carboxylic acids is 1. The Labute approximate surface area is 182 Å². The van der Waals surface area contributed by atoms with E-state index in [9.17, 15) is 9.59 Å². The Morgan fingerprint density at radius 1 is 1.06 bits per heavy atom. The van der Waals surface area contributed by atoms with Gasteiger partial charge in [-0.2, -0.15) is 0 Å². The lowest BCUT2D eigenvalue weighted by molar-refractivity contribution is -0.169. The van der Waals surface area contributed by atoms with Crippen LogP contribution in [0.15, 0.2) is 48.5 Å². The van der Waals surface area contributed by atoms with E-state index < -0.39 is 11.8 Å². The Bertz CT molecular complexity index is 927. The molecule has 1 atom stereocenters. The molecule has 2 aromatic rings. The number of ether oxygens (including phenoxy) is 2. The van der Waals surface area contributed by atoms with Crippen molar-refractivity contribution in [3.8, 4) is 0 Å². The number of hydrogen-bond donors (Lipinski definition) is 2. The van der Waals surface area contributed by atoms with Crippen LogP contribution in [0, 0.1) is 0 Å². The number of para-hydroxylation sites is 1. The number of anilines is 1. The molecule has 2 aromatic carbocycles. The van der Waals surface area contributed by atoms with Crippen molar-refractivity contribution in [1.82, 2.24) is 5.32 Å². The van der Waals surface area contributed by atoms with Crippen LogP contribution in [0.25, 0.3) is 0 Å². The Hall–Kier alpha value is -2.90. The molecule has 0 aromatic heterocycles. The number of hydrogen-bond acceptors (Lipinski definition) is 5. The molecular formula is C24H28N2O5. The standard InChI is InChI=1S/C24H28N2O5/c1-17(25-22(27)16-18-6-8-19(9-7-18)23(28)29)20-4-2-3-5-21(20)26-12-10-24(11-13-26)30-14-15-31-24/h2-9,17H,10-16H2,1H3,(H,25,27)(H,28,29). The van der Waals surface area contributed by atoms with E-state index in [1.807, 2.05) is 19.1 Å². The highest BCUT2D eigenvalue weighted by atomic mass is 16.7. The highest BCUT2D eigenvalue weighted by molar-refractivity contribution is 5.87. The number of carbonyl (C=O) groups excluding carboxylic acids is 1. The number of nitrogens with one attached hydrogen (secondary N) is 1. The minimum absolute atomic E-state index is 0.101. The van der Waals surface area contributed by atoms with Gasteiger partial charge in [0.15, 0.2) is 5.79 Å². The summed E-state index contributed by atoms with van der Waals surface area (Å²) in [4.78, 5) is 25.9. The normalized spacial score (nSPS) is 18.7. The Balaban J connectivity index is 1.39. The quantitative estimate of drug-likeness (QED) is 0.741. The van der Waals surface area contributed by atoms with Crippen LogP contribution in [0.1, 0.15) is 47.3 Å². The maximum absolute atomic E-state index is 12.6. The number of piperidine rings is 1. The Morgan fingerprint density at radius 3 is 2.35 bits per heavy atom. The molecule has 2 aliphatic heterocycles. The maximum atomic E-state index is 12.6. The van der Waals surface area contributed by atoms with Gasteiger partial charge in [-0.1, -0.05) is 30.3 Å². The third-order valence-electron chi connectivity index (χ3n) is 6.03. The maximum Gasteiger partial charge on any atom is 0.335 e. The number of carboxylic acid groups (broad SMARTS) is 1. The van der Waals surface area contributed by atoms with E-state index in [1.165, 1.54) is 12.1 Å². The second-order valence-corrected chi connectivity index (χ2v) is 8.12. The molecule has 2 fully saturated rings. The topological polar surface area (TPSA) is 88.1 Å². The van der Waals surface area contributed by atoms with Gasteiger partial charge in [0, 0.05) is 31.6 Å². The van der Waals surface area contributed by atoms with E-state index in [2.05, 4.69) is 22.3 Å². The SMILES string of the molecule is CC(NC(=O)Cc1ccc(C(=O)O)cc1)c1ccccc1N1CCC2(CC1)OCCO2. The first-order valence-electron chi connectivity index (χ1n) is 10.7. The molecule has 0 saturated carbocycles. The van der Waals surface area contributed by atoms with Crippen LogP contribution in [0.5, 0.6) is 0 Å².